The van der Waals surface area contributed by atoms with E-state index in [1.54, 1.807) is 6.07 Å². The van der Waals surface area contributed by atoms with Gasteiger partial charge in [0, 0.05) is 18.2 Å². The molecule has 16 heavy (non-hydrogen) atoms. The molecule has 0 aliphatic carbocycles. The quantitative estimate of drug-likeness (QED) is 0.846. The van der Waals surface area contributed by atoms with Gasteiger partial charge in [-0.3, -0.25) is 0 Å². The molecule has 1 aromatic rings. The molecule has 0 aromatic carbocycles. The molecule has 0 bridgehead atoms. The molecule has 0 spiro atoms. The smallest absolute Gasteiger partial charge is 0.318 e. The van der Waals surface area contributed by atoms with Crippen LogP contribution >= 0.6 is 24.0 Å². The monoisotopic (exact) mass is 263 g/mol. The van der Waals surface area contributed by atoms with Crippen LogP contribution in [0.5, 0.6) is 6.01 Å². The van der Waals surface area contributed by atoms with Crippen LogP contribution in [-0.2, 0) is 0 Å². The van der Waals surface area contributed by atoms with Crippen molar-refractivity contribution >= 4 is 24.0 Å². The van der Waals surface area contributed by atoms with Crippen molar-refractivity contribution in [2.45, 2.75) is 13.3 Å². The van der Waals surface area contributed by atoms with Crippen LogP contribution in [0.25, 0.3) is 0 Å². The van der Waals surface area contributed by atoms with Gasteiger partial charge in [0.05, 0.1) is 6.61 Å². The first-order valence-electron chi connectivity index (χ1n) is 5.09. The fourth-order valence-corrected chi connectivity index (χ4v) is 1.85. The average Bonchev–Trinajstić information content (AvgIpc) is 2.65. The second-order valence-electron chi connectivity index (χ2n) is 3.78. The predicted octanol–water partition coefficient (Wildman–Crippen LogP) is 1.85. The molecule has 0 amide bonds. The maximum atomic E-state index is 5.80. The molecule has 2 heterocycles. The van der Waals surface area contributed by atoms with E-state index in [1.165, 1.54) is 0 Å². The molecular weight excluding hydrogens is 249 g/mol. The lowest BCUT2D eigenvalue weighted by Gasteiger charge is -2.09. The zero-order chi connectivity index (χ0) is 10.7. The number of aromatic nitrogens is 2. The second kappa shape index (κ2) is 6.23. The lowest BCUT2D eigenvalue weighted by atomic mass is 10.1. The second-order valence-corrected chi connectivity index (χ2v) is 4.17. The molecule has 1 fully saturated rings. The summed E-state index contributed by atoms with van der Waals surface area (Å²) < 4.78 is 5.50. The first kappa shape index (κ1) is 13.5. The lowest BCUT2D eigenvalue weighted by Crippen LogP contribution is -2.16. The van der Waals surface area contributed by atoms with Gasteiger partial charge >= 0.3 is 6.01 Å². The van der Waals surface area contributed by atoms with Crippen molar-refractivity contribution in [1.82, 2.24) is 15.3 Å². The van der Waals surface area contributed by atoms with Crippen molar-refractivity contribution in [2.24, 2.45) is 5.92 Å². The van der Waals surface area contributed by atoms with E-state index >= 15 is 0 Å². The van der Waals surface area contributed by atoms with Crippen LogP contribution in [-0.4, -0.2) is 29.7 Å². The number of aryl methyl sites for hydroxylation is 1. The Morgan fingerprint density at radius 2 is 2.38 bits per heavy atom. The summed E-state index contributed by atoms with van der Waals surface area (Å²) in [7, 11) is 0. The largest absolute Gasteiger partial charge is 0.463 e. The Bertz CT molecular complexity index is 323. The number of rotatable bonds is 3. The molecule has 90 valence electrons. The summed E-state index contributed by atoms with van der Waals surface area (Å²) in [6.45, 7) is 4.62. The van der Waals surface area contributed by atoms with Crippen molar-refractivity contribution < 1.29 is 4.74 Å². The maximum Gasteiger partial charge on any atom is 0.318 e. The molecule has 1 atom stereocenters. The van der Waals surface area contributed by atoms with Gasteiger partial charge in [-0.15, -0.1) is 12.4 Å². The van der Waals surface area contributed by atoms with Gasteiger partial charge in [-0.2, -0.15) is 4.98 Å². The molecule has 1 aliphatic rings. The Labute approximate surface area is 106 Å². The van der Waals surface area contributed by atoms with Gasteiger partial charge in [0.2, 0.25) is 0 Å². The van der Waals surface area contributed by atoms with Crippen molar-refractivity contribution in [1.29, 1.82) is 0 Å². The summed E-state index contributed by atoms with van der Waals surface area (Å²) in [6, 6.07) is 2.10. The zero-order valence-electron chi connectivity index (χ0n) is 9.07. The van der Waals surface area contributed by atoms with E-state index in [2.05, 4.69) is 15.3 Å². The van der Waals surface area contributed by atoms with Crippen molar-refractivity contribution in [3.8, 4) is 6.01 Å². The van der Waals surface area contributed by atoms with E-state index in [0.717, 1.165) is 25.2 Å². The number of ether oxygens (including phenoxy) is 1. The standard InChI is InChI=1S/C10H14ClN3O.ClH/c1-7-4-9(11)14-10(13-7)15-6-8-2-3-12-5-8;/h4,8,12H,2-3,5-6H2,1H3;1H. The molecule has 1 saturated heterocycles. The molecule has 0 saturated carbocycles. The number of halogens is 2. The van der Waals surface area contributed by atoms with E-state index < -0.39 is 0 Å². The van der Waals surface area contributed by atoms with E-state index in [9.17, 15) is 0 Å². The fraction of sp³-hybridized carbons (Fsp3) is 0.600. The first-order chi connectivity index (χ1) is 7.24. The molecule has 1 N–H and O–H groups in total. The summed E-state index contributed by atoms with van der Waals surface area (Å²) in [5.41, 5.74) is 0.828. The maximum absolute atomic E-state index is 5.80. The normalized spacial score (nSPS) is 19.2. The first-order valence-corrected chi connectivity index (χ1v) is 5.46. The summed E-state index contributed by atoms with van der Waals surface area (Å²) in [5, 5.41) is 3.72. The van der Waals surface area contributed by atoms with Gasteiger partial charge in [-0.1, -0.05) is 11.6 Å². The summed E-state index contributed by atoms with van der Waals surface area (Å²) >= 11 is 5.80. The van der Waals surface area contributed by atoms with E-state index in [0.29, 0.717) is 23.7 Å². The predicted molar refractivity (Wildman–Crippen MR) is 65.5 cm³/mol. The Kier molecular flexibility index (Phi) is 5.25. The molecule has 1 aromatic heterocycles. The zero-order valence-corrected chi connectivity index (χ0v) is 10.6. The number of nitrogens with one attached hydrogen (secondary N) is 1. The topological polar surface area (TPSA) is 47.0 Å². The molecular formula is C10H15Cl2N3O. The molecule has 0 radical (unpaired) electrons. The summed E-state index contributed by atoms with van der Waals surface area (Å²) in [5.74, 6) is 0.563. The third-order valence-electron chi connectivity index (χ3n) is 2.41. The minimum atomic E-state index is 0. The van der Waals surface area contributed by atoms with Gasteiger partial charge in [0.25, 0.3) is 0 Å². The molecule has 1 aliphatic heterocycles. The highest BCUT2D eigenvalue weighted by Crippen LogP contribution is 2.13. The van der Waals surface area contributed by atoms with Crippen molar-refractivity contribution in [3.63, 3.8) is 0 Å². The lowest BCUT2D eigenvalue weighted by molar-refractivity contribution is 0.241. The molecule has 4 nitrogen and oxygen atoms in total. The highest BCUT2D eigenvalue weighted by atomic mass is 35.5. The van der Waals surface area contributed by atoms with Gasteiger partial charge < -0.3 is 10.1 Å². The highest BCUT2D eigenvalue weighted by Gasteiger charge is 2.15. The van der Waals surface area contributed by atoms with Crippen LogP contribution in [0, 0.1) is 12.8 Å². The number of nitrogens with zero attached hydrogens (tertiary/aromatic N) is 2. The third-order valence-corrected chi connectivity index (χ3v) is 2.61. The van der Waals surface area contributed by atoms with Gasteiger partial charge in [0.15, 0.2) is 0 Å². The van der Waals surface area contributed by atoms with Crippen molar-refractivity contribution in [3.05, 3.63) is 16.9 Å². The van der Waals surface area contributed by atoms with Gasteiger partial charge in [-0.05, 0) is 26.0 Å². The van der Waals surface area contributed by atoms with Crippen LogP contribution in [0.4, 0.5) is 0 Å². The number of hydrogen-bond acceptors (Lipinski definition) is 4. The van der Waals surface area contributed by atoms with Crippen LogP contribution < -0.4 is 10.1 Å². The Balaban J connectivity index is 0.00000128. The minimum absolute atomic E-state index is 0. The van der Waals surface area contributed by atoms with E-state index in [-0.39, 0.29) is 12.4 Å². The Morgan fingerprint density at radius 3 is 3.00 bits per heavy atom. The van der Waals surface area contributed by atoms with Crippen LogP contribution in [0.3, 0.4) is 0 Å². The third kappa shape index (κ3) is 3.77. The van der Waals surface area contributed by atoms with Crippen LogP contribution in [0.1, 0.15) is 12.1 Å². The molecule has 1 unspecified atom stereocenters. The van der Waals surface area contributed by atoms with E-state index in [4.69, 9.17) is 16.3 Å². The van der Waals surface area contributed by atoms with E-state index in [1.807, 2.05) is 6.92 Å². The summed E-state index contributed by atoms with van der Waals surface area (Å²) in [6.07, 6.45) is 1.15. The van der Waals surface area contributed by atoms with Crippen LogP contribution in [0.2, 0.25) is 5.15 Å². The Hall–Kier alpha value is -0.580. The minimum Gasteiger partial charge on any atom is -0.463 e. The fourth-order valence-electron chi connectivity index (χ4n) is 1.62. The highest BCUT2D eigenvalue weighted by molar-refractivity contribution is 6.29. The number of hydrogen-bond donors (Lipinski definition) is 1. The molecule has 6 heteroatoms. The SMILES string of the molecule is Cc1cc(Cl)nc(OCC2CCNC2)n1.Cl. The van der Waals surface area contributed by atoms with Gasteiger partial charge in [0.1, 0.15) is 5.15 Å². The summed E-state index contributed by atoms with van der Waals surface area (Å²) in [4.78, 5) is 8.16. The van der Waals surface area contributed by atoms with Crippen LogP contribution in [0.15, 0.2) is 6.07 Å². The van der Waals surface area contributed by atoms with Gasteiger partial charge in [-0.25, -0.2) is 4.98 Å². The van der Waals surface area contributed by atoms with Crippen molar-refractivity contribution in [2.75, 3.05) is 19.7 Å². The average molecular weight is 264 g/mol. The Morgan fingerprint density at radius 1 is 1.56 bits per heavy atom. The molecule has 2 rings (SSSR count).